The third-order valence-corrected chi connectivity index (χ3v) is 0.757. The van der Waals surface area contributed by atoms with Gasteiger partial charge in [0.2, 0.25) is 5.91 Å². The molecule has 0 saturated heterocycles. The van der Waals surface area contributed by atoms with Crippen molar-refractivity contribution in [2.24, 2.45) is 0 Å². The molecule has 1 atom stereocenters. The molecule has 0 aromatic heterocycles. The number of aliphatic hydroxyl groups excluding tert-OH is 1. The van der Waals surface area contributed by atoms with Gasteiger partial charge in [-0.25, -0.2) is 0 Å². The lowest BCUT2D eigenvalue weighted by Gasteiger charge is -2.02. The molecular weight excluding hydrogens is 118 g/mol. The maximum atomic E-state index is 10.4. The lowest BCUT2D eigenvalue weighted by atomic mass is 10.4. The topological polar surface area (TPSA) is 49.3 Å². The average Bonchev–Trinajstić information content (AvgIpc) is 1.83. The van der Waals surface area contributed by atoms with E-state index < -0.39 is 6.10 Å². The summed E-state index contributed by atoms with van der Waals surface area (Å²) in [6.45, 7) is 5.13. The summed E-state index contributed by atoms with van der Waals surface area (Å²) in [6, 6.07) is 0. The van der Waals surface area contributed by atoms with Crippen LogP contribution in [0.3, 0.4) is 0 Å². The Morgan fingerprint density at radius 3 is 2.89 bits per heavy atom. The zero-order valence-electron chi connectivity index (χ0n) is 5.42. The van der Waals surface area contributed by atoms with E-state index in [0.717, 1.165) is 0 Å². The minimum absolute atomic E-state index is 0.254. The highest BCUT2D eigenvalue weighted by Gasteiger charge is 1.95. The maximum absolute atomic E-state index is 10.4. The molecule has 0 aromatic carbocycles. The molecule has 0 fully saturated rings. The minimum atomic E-state index is -0.492. The summed E-state index contributed by atoms with van der Waals surface area (Å²) in [7, 11) is 0. The van der Waals surface area contributed by atoms with E-state index in [0.29, 0.717) is 0 Å². The Morgan fingerprint density at radius 1 is 2.00 bits per heavy atom. The number of hydrogen-bond donors (Lipinski definition) is 2. The SMILES string of the molecule is C=CC(=O)NC[C@@H](C)O. The van der Waals surface area contributed by atoms with Gasteiger partial charge in [0.15, 0.2) is 0 Å². The average molecular weight is 129 g/mol. The highest BCUT2D eigenvalue weighted by molar-refractivity contribution is 5.86. The van der Waals surface area contributed by atoms with Gasteiger partial charge in [-0.15, -0.1) is 0 Å². The van der Waals surface area contributed by atoms with Gasteiger partial charge in [0, 0.05) is 6.54 Å². The molecule has 0 saturated carbocycles. The summed E-state index contributed by atoms with van der Waals surface area (Å²) < 4.78 is 0. The van der Waals surface area contributed by atoms with Gasteiger partial charge in [-0.3, -0.25) is 4.79 Å². The lowest BCUT2D eigenvalue weighted by molar-refractivity contribution is -0.116. The molecule has 3 heteroatoms. The van der Waals surface area contributed by atoms with Crippen LogP contribution in [0.2, 0.25) is 0 Å². The van der Waals surface area contributed by atoms with E-state index in [1.165, 1.54) is 6.08 Å². The van der Waals surface area contributed by atoms with Crippen molar-refractivity contribution < 1.29 is 9.90 Å². The zero-order chi connectivity index (χ0) is 7.28. The smallest absolute Gasteiger partial charge is 0.243 e. The van der Waals surface area contributed by atoms with Crippen LogP contribution in [0.5, 0.6) is 0 Å². The third kappa shape index (κ3) is 5.03. The van der Waals surface area contributed by atoms with Crippen LogP contribution < -0.4 is 5.32 Å². The van der Waals surface area contributed by atoms with E-state index in [1.807, 2.05) is 0 Å². The molecule has 0 aliphatic heterocycles. The fraction of sp³-hybridized carbons (Fsp3) is 0.500. The first kappa shape index (κ1) is 8.17. The van der Waals surface area contributed by atoms with Crippen molar-refractivity contribution in [1.29, 1.82) is 0 Å². The van der Waals surface area contributed by atoms with E-state index in [4.69, 9.17) is 5.11 Å². The molecule has 0 aromatic rings. The van der Waals surface area contributed by atoms with Crippen molar-refractivity contribution in [3.8, 4) is 0 Å². The van der Waals surface area contributed by atoms with Gasteiger partial charge in [0.05, 0.1) is 6.10 Å². The molecule has 1 amide bonds. The van der Waals surface area contributed by atoms with E-state index in [9.17, 15) is 4.79 Å². The number of aliphatic hydroxyl groups is 1. The molecule has 0 aliphatic carbocycles. The molecule has 0 rings (SSSR count). The first-order chi connectivity index (χ1) is 4.16. The fourth-order valence-electron chi connectivity index (χ4n) is 0.320. The summed E-state index contributed by atoms with van der Waals surface area (Å²) in [5, 5.41) is 11.1. The van der Waals surface area contributed by atoms with Gasteiger partial charge in [-0.05, 0) is 13.0 Å². The predicted octanol–water partition coefficient (Wildman–Crippen LogP) is -0.331. The van der Waals surface area contributed by atoms with Crippen LogP contribution in [0.15, 0.2) is 12.7 Å². The second kappa shape index (κ2) is 4.09. The largest absolute Gasteiger partial charge is 0.392 e. The van der Waals surface area contributed by atoms with Crippen molar-refractivity contribution >= 4 is 5.91 Å². The van der Waals surface area contributed by atoms with Crippen LogP contribution in [-0.4, -0.2) is 23.7 Å². The Balaban J connectivity index is 3.27. The van der Waals surface area contributed by atoms with E-state index >= 15 is 0 Å². The Kier molecular flexibility index (Phi) is 3.71. The van der Waals surface area contributed by atoms with Crippen molar-refractivity contribution in [1.82, 2.24) is 5.32 Å². The molecule has 0 aliphatic rings. The summed E-state index contributed by atoms with van der Waals surface area (Å²) in [4.78, 5) is 10.4. The third-order valence-electron chi connectivity index (χ3n) is 0.757. The number of carbonyl (C=O) groups is 1. The molecule has 0 bridgehead atoms. The van der Waals surface area contributed by atoms with Gasteiger partial charge in [-0.1, -0.05) is 6.58 Å². The highest BCUT2D eigenvalue weighted by atomic mass is 16.3. The molecule has 0 heterocycles. The molecule has 0 radical (unpaired) electrons. The number of rotatable bonds is 3. The number of amides is 1. The predicted molar refractivity (Wildman–Crippen MR) is 34.9 cm³/mol. The van der Waals surface area contributed by atoms with Crippen molar-refractivity contribution in [3.63, 3.8) is 0 Å². The van der Waals surface area contributed by atoms with Gasteiger partial charge < -0.3 is 10.4 Å². The van der Waals surface area contributed by atoms with Crippen LogP contribution in [0.4, 0.5) is 0 Å². The first-order valence-corrected chi connectivity index (χ1v) is 2.75. The summed E-state index contributed by atoms with van der Waals surface area (Å²) in [5.74, 6) is -0.254. The first-order valence-electron chi connectivity index (χ1n) is 2.75. The quantitative estimate of drug-likeness (QED) is 0.512. The van der Waals surface area contributed by atoms with Crippen LogP contribution in [0, 0.1) is 0 Å². The number of nitrogens with one attached hydrogen (secondary N) is 1. The van der Waals surface area contributed by atoms with Gasteiger partial charge in [-0.2, -0.15) is 0 Å². The molecular formula is C6H11NO2. The normalized spacial score (nSPS) is 12.2. The lowest BCUT2D eigenvalue weighted by Crippen LogP contribution is -2.28. The van der Waals surface area contributed by atoms with Crippen LogP contribution in [-0.2, 0) is 4.79 Å². The molecule has 3 nitrogen and oxygen atoms in total. The van der Waals surface area contributed by atoms with E-state index in [-0.39, 0.29) is 12.5 Å². The summed E-state index contributed by atoms with van der Waals surface area (Å²) in [6.07, 6.45) is 0.677. The van der Waals surface area contributed by atoms with Crippen LogP contribution in [0.1, 0.15) is 6.92 Å². The summed E-state index contributed by atoms with van der Waals surface area (Å²) in [5.41, 5.74) is 0. The Morgan fingerprint density at radius 2 is 2.56 bits per heavy atom. The van der Waals surface area contributed by atoms with Gasteiger partial charge in [0.25, 0.3) is 0 Å². The van der Waals surface area contributed by atoms with Crippen molar-refractivity contribution in [2.75, 3.05) is 6.54 Å². The maximum Gasteiger partial charge on any atom is 0.243 e. The molecule has 0 unspecified atom stereocenters. The number of hydrogen-bond acceptors (Lipinski definition) is 2. The molecule has 0 spiro atoms. The van der Waals surface area contributed by atoms with Crippen molar-refractivity contribution in [3.05, 3.63) is 12.7 Å². The summed E-state index contributed by atoms with van der Waals surface area (Å²) >= 11 is 0. The number of carbonyl (C=O) groups excluding carboxylic acids is 1. The van der Waals surface area contributed by atoms with Gasteiger partial charge in [0.1, 0.15) is 0 Å². The molecule has 9 heavy (non-hydrogen) atoms. The van der Waals surface area contributed by atoms with Gasteiger partial charge >= 0.3 is 0 Å². The zero-order valence-corrected chi connectivity index (χ0v) is 5.42. The van der Waals surface area contributed by atoms with Crippen molar-refractivity contribution in [2.45, 2.75) is 13.0 Å². The van der Waals surface area contributed by atoms with E-state index in [2.05, 4.69) is 11.9 Å². The highest BCUT2D eigenvalue weighted by Crippen LogP contribution is 1.74. The monoisotopic (exact) mass is 129 g/mol. The van der Waals surface area contributed by atoms with Crippen LogP contribution in [0.25, 0.3) is 0 Å². The molecule has 2 N–H and O–H groups in total. The van der Waals surface area contributed by atoms with E-state index in [1.54, 1.807) is 6.92 Å². The molecule has 52 valence electrons. The minimum Gasteiger partial charge on any atom is -0.392 e. The second-order valence-electron chi connectivity index (χ2n) is 1.80. The Hall–Kier alpha value is -0.830. The van der Waals surface area contributed by atoms with Crippen LogP contribution >= 0.6 is 0 Å². The standard InChI is InChI=1S/C6H11NO2/c1-3-6(9)7-4-5(2)8/h3,5,8H,1,4H2,2H3,(H,7,9)/t5-/m1/s1. The Bertz CT molecular complexity index is 110. The Labute approximate surface area is 54.4 Å². The fourth-order valence-corrected chi connectivity index (χ4v) is 0.320. The second-order valence-corrected chi connectivity index (χ2v) is 1.80.